The van der Waals surface area contributed by atoms with Crippen molar-refractivity contribution >= 4 is 27.7 Å². The molecule has 0 saturated carbocycles. The van der Waals surface area contributed by atoms with Crippen molar-refractivity contribution < 1.29 is 9.50 Å². The van der Waals surface area contributed by atoms with Gasteiger partial charge in [-0.3, -0.25) is 0 Å². The molecule has 1 aromatic carbocycles. The Morgan fingerprint density at radius 1 is 1.50 bits per heavy atom. The fraction of sp³-hybridized carbons (Fsp3) is 0.400. The Balaban J connectivity index is 2.91. The molecule has 0 bridgehead atoms. The van der Waals surface area contributed by atoms with E-state index in [0.29, 0.717) is 4.90 Å². The van der Waals surface area contributed by atoms with Gasteiger partial charge in [0.05, 0.1) is 6.61 Å². The minimum absolute atomic E-state index is 0.0175. The Bertz CT molecular complexity index is 328. The molecule has 0 radical (unpaired) electrons. The Kier molecular flexibility index (Phi) is 3.98. The summed E-state index contributed by atoms with van der Waals surface area (Å²) in [6.07, 6.45) is 0. The molecule has 0 atom stereocenters. The van der Waals surface area contributed by atoms with Gasteiger partial charge in [0.15, 0.2) is 0 Å². The van der Waals surface area contributed by atoms with Crippen LogP contribution in [0.1, 0.15) is 13.8 Å². The Labute approximate surface area is 95.8 Å². The molecule has 0 amide bonds. The molecular weight excluding hydrogens is 267 g/mol. The maximum Gasteiger partial charge on any atom is 0.136 e. The van der Waals surface area contributed by atoms with Gasteiger partial charge in [0.25, 0.3) is 0 Å². The zero-order valence-corrected chi connectivity index (χ0v) is 10.5. The monoisotopic (exact) mass is 278 g/mol. The number of benzene rings is 1. The lowest BCUT2D eigenvalue weighted by molar-refractivity contribution is 0.265. The normalized spacial score (nSPS) is 11.8. The van der Waals surface area contributed by atoms with E-state index in [1.165, 1.54) is 17.8 Å². The molecule has 1 nitrogen and oxygen atoms in total. The average Bonchev–Trinajstić information content (AvgIpc) is 2.11. The lowest BCUT2D eigenvalue weighted by atomic mass is 10.2. The van der Waals surface area contributed by atoms with Crippen LogP contribution in [0.15, 0.2) is 27.6 Å². The molecule has 1 aromatic rings. The first kappa shape index (κ1) is 12.0. The predicted octanol–water partition coefficient (Wildman–Crippen LogP) is 3.45. The van der Waals surface area contributed by atoms with E-state index in [1.807, 2.05) is 13.8 Å². The maximum atomic E-state index is 13.3. The van der Waals surface area contributed by atoms with Crippen LogP contribution in [0.5, 0.6) is 0 Å². The van der Waals surface area contributed by atoms with Gasteiger partial charge in [-0.15, -0.1) is 11.8 Å². The summed E-state index contributed by atoms with van der Waals surface area (Å²) in [6.45, 7) is 3.76. The standard InChI is InChI=1S/C10H12BrFOS/c1-10(2,6-13)14-9-5-7(11)3-4-8(9)12/h3-5,13H,6H2,1-2H3. The van der Waals surface area contributed by atoms with Crippen molar-refractivity contribution in [3.8, 4) is 0 Å². The van der Waals surface area contributed by atoms with Gasteiger partial charge in [-0.25, -0.2) is 4.39 Å². The van der Waals surface area contributed by atoms with Crippen molar-refractivity contribution in [2.75, 3.05) is 6.61 Å². The van der Waals surface area contributed by atoms with E-state index in [4.69, 9.17) is 5.11 Å². The Morgan fingerprint density at radius 2 is 2.14 bits per heavy atom. The summed E-state index contributed by atoms with van der Waals surface area (Å²) >= 11 is 4.61. The van der Waals surface area contributed by atoms with Gasteiger partial charge in [-0.05, 0) is 32.0 Å². The first-order valence-corrected chi connectivity index (χ1v) is 5.80. The highest BCUT2D eigenvalue weighted by Gasteiger charge is 2.20. The maximum absolute atomic E-state index is 13.3. The van der Waals surface area contributed by atoms with Gasteiger partial charge in [0, 0.05) is 14.1 Å². The molecule has 1 N–H and O–H groups in total. The zero-order chi connectivity index (χ0) is 10.8. The highest BCUT2D eigenvalue weighted by Crippen LogP contribution is 2.34. The van der Waals surface area contributed by atoms with Crippen LogP contribution in [0.25, 0.3) is 0 Å². The van der Waals surface area contributed by atoms with E-state index in [9.17, 15) is 4.39 Å². The smallest absolute Gasteiger partial charge is 0.136 e. The SMILES string of the molecule is CC(C)(CO)Sc1cc(Br)ccc1F. The van der Waals surface area contributed by atoms with Gasteiger partial charge in [-0.1, -0.05) is 15.9 Å². The van der Waals surface area contributed by atoms with Crippen LogP contribution in [0.4, 0.5) is 4.39 Å². The summed E-state index contributed by atoms with van der Waals surface area (Å²) in [7, 11) is 0. The molecule has 0 aliphatic rings. The fourth-order valence-electron chi connectivity index (χ4n) is 0.885. The summed E-state index contributed by atoms with van der Waals surface area (Å²) in [5.41, 5.74) is 0. The summed E-state index contributed by atoms with van der Waals surface area (Å²) < 4.78 is 13.8. The largest absolute Gasteiger partial charge is 0.395 e. The van der Waals surface area contributed by atoms with Crippen molar-refractivity contribution in [1.29, 1.82) is 0 Å². The van der Waals surface area contributed by atoms with Gasteiger partial charge < -0.3 is 5.11 Å². The second-order valence-corrected chi connectivity index (χ2v) is 6.26. The van der Waals surface area contributed by atoms with E-state index in [0.717, 1.165) is 4.47 Å². The molecule has 1 rings (SSSR count). The van der Waals surface area contributed by atoms with Gasteiger partial charge in [-0.2, -0.15) is 0 Å². The fourth-order valence-corrected chi connectivity index (χ4v) is 2.41. The lowest BCUT2D eigenvalue weighted by Crippen LogP contribution is -2.19. The topological polar surface area (TPSA) is 20.2 Å². The van der Waals surface area contributed by atoms with Crippen molar-refractivity contribution in [2.24, 2.45) is 0 Å². The van der Waals surface area contributed by atoms with Crippen molar-refractivity contribution in [3.63, 3.8) is 0 Å². The third-order valence-electron chi connectivity index (χ3n) is 1.66. The van der Waals surface area contributed by atoms with E-state index >= 15 is 0 Å². The summed E-state index contributed by atoms with van der Waals surface area (Å²) in [4.78, 5) is 0.554. The average molecular weight is 279 g/mol. The van der Waals surface area contributed by atoms with Crippen molar-refractivity contribution in [2.45, 2.75) is 23.5 Å². The van der Waals surface area contributed by atoms with Crippen molar-refractivity contribution in [1.82, 2.24) is 0 Å². The third kappa shape index (κ3) is 3.26. The molecule has 0 unspecified atom stereocenters. The van der Waals surface area contributed by atoms with Crippen LogP contribution in [0.3, 0.4) is 0 Å². The Morgan fingerprint density at radius 3 is 2.71 bits per heavy atom. The number of rotatable bonds is 3. The van der Waals surface area contributed by atoms with Gasteiger partial charge >= 0.3 is 0 Å². The quantitative estimate of drug-likeness (QED) is 0.855. The van der Waals surface area contributed by atoms with Crippen LogP contribution in [0, 0.1) is 5.82 Å². The molecule has 4 heteroatoms. The third-order valence-corrected chi connectivity index (χ3v) is 3.37. The molecule has 0 fully saturated rings. The molecule has 0 spiro atoms. The van der Waals surface area contributed by atoms with Crippen LogP contribution in [-0.4, -0.2) is 16.5 Å². The summed E-state index contributed by atoms with van der Waals surface area (Å²) in [6, 6.07) is 4.79. The van der Waals surface area contributed by atoms with Crippen LogP contribution >= 0.6 is 27.7 Å². The molecular formula is C10H12BrFOS. The molecule has 0 aliphatic heterocycles. The molecule has 78 valence electrons. The van der Waals surface area contributed by atoms with E-state index in [2.05, 4.69) is 15.9 Å². The van der Waals surface area contributed by atoms with E-state index in [1.54, 1.807) is 12.1 Å². The molecule has 0 saturated heterocycles. The molecule has 0 aliphatic carbocycles. The van der Waals surface area contributed by atoms with E-state index in [-0.39, 0.29) is 17.2 Å². The highest BCUT2D eigenvalue weighted by molar-refractivity contribution is 9.10. The number of halogens is 2. The zero-order valence-electron chi connectivity index (χ0n) is 8.05. The molecule has 0 aromatic heterocycles. The molecule has 0 heterocycles. The summed E-state index contributed by atoms with van der Waals surface area (Å²) in [5, 5.41) is 9.06. The number of hydrogen-bond donors (Lipinski definition) is 1. The number of aliphatic hydroxyl groups is 1. The van der Waals surface area contributed by atoms with E-state index < -0.39 is 0 Å². The number of aliphatic hydroxyl groups excluding tert-OH is 1. The minimum Gasteiger partial charge on any atom is -0.395 e. The van der Waals surface area contributed by atoms with Crippen LogP contribution < -0.4 is 0 Å². The lowest BCUT2D eigenvalue weighted by Gasteiger charge is -2.21. The van der Waals surface area contributed by atoms with Gasteiger partial charge in [0.1, 0.15) is 5.82 Å². The first-order chi connectivity index (χ1) is 6.44. The number of hydrogen-bond acceptors (Lipinski definition) is 2. The predicted molar refractivity (Wildman–Crippen MR) is 61.1 cm³/mol. The van der Waals surface area contributed by atoms with Crippen LogP contribution in [0.2, 0.25) is 0 Å². The molecule has 14 heavy (non-hydrogen) atoms. The second kappa shape index (κ2) is 4.64. The minimum atomic E-state index is -0.359. The highest BCUT2D eigenvalue weighted by atomic mass is 79.9. The second-order valence-electron chi connectivity index (χ2n) is 3.59. The first-order valence-electron chi connectivity index (χ1n) is 4.19. The summed E-state index contributed by atoms with van der Waals surface area (Å²) in [5.74, 6) is -0.250. The van der Waals surface area contributed by atoms with Crippen molar-refractivity contribution in [3.05, 3.63) is 28.5 Å². The number of thioether (sulfide) groups is 1. The van der Waals surface area contributed by atoms with Crippen LogP contribution in [-0.2, 0) is 0 Å². The Hall–Kier alpha value is -0.0600. The van der Waals surface area contributed by atoms with Gasteiger partial charge in [0.2, 0.25) is 0 Å².